The average molecular weight is 678 g/mol. The quantitative estimate of drug-likeness (QED) is 0.100. The predicted octanol–water partition coefficient (Wildman–Crippen LogP) is 2.81. The minimum atomic E-state index is -0.779. The van der Waals surface area contributed by atoms with Crippen molar-refractivity contribution in [1.82, 2.24) is 20.9 Å². The number of nitrogens with zero attached hydrogens (tertiary/aromatic N) is 2. The van der Waals surface area contributed by atoms with Gasteiger partial charge in [-0.15, -0.1) is 0 Å². The van der Waals surface area contributed by atoms with Crippen LogP contribution in [0.25, 0.3) is 0 Å². The second kappa shape index (κ2) is 17.9. The van der Waals surface area contributed by atoms with Gasteiger partial charge in [0.05, 0.1) is 42.7 Å². The normalized spacial score (nSPS) is 17.7. The molecule has 2 aliphatic rings. The first kappa shape index (κ1) is 37.5. The maximum atomic E-state index is 14.1. The summed E-state index contributed by atoms with van der Waals surface area (Å²) in [6.07, 6.45) is 2.42. The third kappa shape index (κ3) is 8.86. The molecule has 1 saturated heterocycles. The van der Waals surface area contributed by atoms with Gasteiger partial charge in [-0.05, 0) is 75.5 Å². The third-order valence-electron chi connectivity index (χ3n) is 9.21. The van der Waals surface area contributed by atoms with Crippen LogP contribution < -0.4 is 26.9 Å². The largest absolute Gasteiger partial charge is 0.733 e. The number of piperidine rings is 1. The molecule has 0 spiro atoms. The standard InChI is InChI=1S/C36H49N6O7/c1-4-28-31(33(43)38-5-2)30(25-12-14-27(15-13-25)42(46)47)32(29(40-28)24-49-23-18-37)34(44)39-19-9-20-41-21-16-36(17-22-41,35(45)48-3)26-10-7-6-8-11-26/h6-8,10-15,30,40,46H,4-5,9,16-24,37H2,1-3H3,(H,38,43)(H,39,44)/q-1. The summed E-state index contributed by atoms with van der Waals surface area (Å²) in [5.74, 6) is -1.67. The number of hydrogen-bond donors (Lipinski definition) is 5. The summed E-state index contributed by atoms with van der Waals surface area (Å²) in [5, 5.41) is 30.0. The van der Waals surface area contributed by atoms with E-state index in [1.165, 1.54) is 19.2 Å². The number of dihydropyridines is 1. The van der Waals surface area contributed by atoms with Gasteiger partial charge in [0.1, 0.15) is 0 Å². The van der Waals surface area contributed by atoms with Gasteiger partial charge in [0, 0.05) is 36.8 Å². The minimum absolute atomic E-state index is 0.0173. The smallest absolute Gasteiger partial charge is 0.316 e. The Morgan fingerprint density at radius 1 is 1.02 bits per heavy atom. The molecule has 1 fully saturated rings. The van der Waals surface area contributed by atoms with Crippen LogP contribution in [0.5, 0.6) is 0 Å². The van der Waals surface area contributed by atoms with E-state index in [2.05, 4.69) is 20.9 Å². The third-order valence-corrected chi connectivity index (χ3v) is 9.21. The van der Waals surface area contributed by atoms with Crippen LogP contribution >= 0.6 is 0 Å². The Bertz CT molecular complexity index is 1480. The van der Waals surface area contributed by atoms with Gasteiger partial charge < -0.3 is 46.5 Å². The van der Waals surface area contributed by atoms with Gasteiger partial charge >= 0.3 is 5.97 Å². The molecule has 4 rings (SSSR count). The number of ether oxygens (including phenoxy) is 2. The van der Waals surface area contributed by atoms with Crippen molar-refractivity contribution in [2.45, 2.75) is 50.9 Å². The Labute approximate surface area is 288 Å². The Morgan fingerprint density at radius 2 is 1.67 bits per heavy atom. The van der Waals surface area contributed by atoms with E-state index in [4.69, 9.17) is 15.2 Å². The number of allylic oxidation sites excluding steroid dienone is 1. The van der Waals surface area contributed by atoms with Crippen molar-refractivity contribution in [2.24, 2.45) is 5.73 Å². The second-order valence-corrected chi connectivity index (χ2v) is 12.2. The number of carbonyl (C=O) groups excluding carboxylic acids is 3. The zero-order valence-electron chi connectivity index (χ0n) is 28.6. The molecule has 0 saturated carbocycles. The lowest BCUT2D eigenvalue weighted by Crippen LogP contribution is -2.48. The zero-order chi connectivity index (χ0) is 35.4. The van der Waals surface area contributed by atoms with E-state index in [1.807, 2.05) is 44.2 Å². The molecule has 49 heavy (non-hydrogen) atoms. The van der Waals surface area contributed by atoms with Crippen molar-refractivity contribution in [3.63, 3.8) is 0 Å². The molecule has 0 radical (unpaired) electrons. The molecule has 0 aromatic heterocycles. The number of anilines is 1. The lowest BCUT2D eigenvalue weighted by atomic mass is 9.72. The SMILES string of the molecule is CCNC(=O)C1=C(CC)NC(COCCN)=C(C(=O)NCCCN2CCC(C(=O)OC)(c3ccccc3)CC2)C1c1ccc(N([O-])O)cc1. The van der Waals surface area contributed by atoms with Crippen LogP contribution in [-0.4, -0.2) is 87.5 Å². The van der Waals surface area contributed by atoms with Crippen LogP contribution in [0.2, 0.25) is 0 Å². The minimum Gasteiger partial charge on any atom is -0.733 e. The fraction of sp³-hybridized carbons (Fsp3) is 0.472. The van der Waals surface area contributed by atoms with E-state index < -0.39 is 11.3 Å². The highest BCUT2D eigenvalue weighted by molar-refractivity contribution is 6.04. The number of carbonyl (C=O) groups is 3. The van der Waals surface area contributed by atoms with E-state index >= 15 is 0 Å². The molecule has 6 N–H and O–H groups in total. The molecule has 0 aliphatic carbocycles. The number of amides is 2. The summed E-state index contributed by atoms with van der Waals surface area (Å²) in [5.41, 5.74) is 8.48. The van der Waals surface area contributed by atoms with Gasteiger partial charge in [0.2, 0.25) is 11.8 Å². The summed E-state index contributed by atoms with van der Waals surface area (Å²) < 4.78 is 11.0. The summed E-state index contributed by atoms with van der Waals surface area (Å²) in [4.78, 5) is 42.9. The van der Waals surface area contributed by atoms with Crippen LogP contribution in [0.3, 0.4) is 0 Å². The average Bonchev–Trinajstić information content (AvgIpc) is 3.13. The van der Waals surface area contributed by atoms with Crippen LogP contribution in [0.4, 0.5) is 5.69 Å². The van der Waals surface area contributed by atoms with Crippen molar-refractivity contribution in [3.05, 3.63) is 93.5 Å². The first-order valence-electron chi connectivity index (χ1n) is 16.9. The topological polar surface area (TPSA) is 182 Å². The molecule has 266 valence electrons. The fourth-order valence-corrected chi connectivity index (χ4v) is 6.70. The molecule has 1 unspecified atom stereocenters. The maximum absolute atomic E-state index is 14.1. The van der Waals surface area contributed by atoms with Gasteiger partial charge in [-0.2, -0.15) is 0 Å². The molecule has 2 aromatic rings. The van der Waals surface area contributed by atoms with E-state index in [1.54, 1.807) is 12.1 Å². The van der Waals surface area contributed by atoms with Crippen LogP contribution in [-0.2, 0) is 29.3 Å². The molecular formula is C36H49N6O7-. The number of benzene rings is 2. The van der Waals surface area contributed by atoms with Crippen molar-refractivity contribution in [3.8, 4) is 0 Å². The highest BCUT2D eigenvalue weighted by atomic mass is 16.8. The van der Waals surface area contributed by atoms with E-state index in [0.717, 1.165) is 12.1 Å². The summed E-state index contributed by atoms with van der Waals surface area (Å²) in [7, 11) is 1.43. The number of esters is 1. The first-order valence-corrected chi connectivity index (χ1v) is 16.9. The fourth-order valence-electron chi connectivity index (χ4n) is 6.70. The first-order chi connectivity index (χ1) is 23.7. The van der Waals surface area contributed by atoms with Crippen LogP contribution in [0.15, 0.2) is 77.1 Å². The Morgan fingerprint density at radius 3 is 2.27 bits per heavy atom. The highest BCUT2D eigenvalue weighted by Crippen LogP contribution is 2.40. The Balaban J connectivity index is 1.52. The highest BCUT2D eigenvalue weighted by Gasteiger charge is 2.44. The Hall–Kier alpha value is -4.27. The van der Waals surface area contributed by atoms with E-state index in [9.17, 15) is 24.8 Å². The zero-order valence-corrected chi connectivity index (χ0v) is 28.6. The molecular weight excluding hydrogens is 628 g/mol. The van der Waals surface area contributed by atoms with Crippen molar-refractivity contribution in [1.29, 1.82) is 0 Å². The number of rotatable bonds is 16. The number of likely N-dealkylation sites (tertiary alicyclic amines) is 1. The summed E-state index contributed by atoms with van der Waals surface area (Å²) in [6, 6.07) is 15.9. The van der Waals surface area contributed by atoms with Gasteiger partial charge in [-0.3, -0.25) is 19.6 Å². The van der Waals surface area contributed by atoms with Crippen LogP contribution in [0.1, 0.15) is 56.6 Å². The molecule has 2 aliphatic heterocycles. The lowest BCUT2D eigenvalue weighted by molar-refractivity contribution is -0.149. The number of likely N-dealkylation sites (N-methyl/N-ethyl adjacent to an activating group) is 1. The van der Waals surface area contributed by atoms with Crippen molar-refractivity contribution in [2.75, 3.05) is 64.8 Å². The number of nitrogens with two attached hydrogens (primary N) is 1. The van der Waals surface area contributed by atoms with Gasteiger partial charge in [0.25, 0.3) is 0 Å². The molecule has 13 nitrogen and oxygen atoms in total. The summed E-state index contributed by atoms with van der Waals surface area (Å²) >= 11 is 0. The van der Waals surface area contributed by atoms with Gasteiger partial charge in [0.15, 0.2) is 0 Å². The lowest BCUT2D eigenvalue weighted by Gasteiger charge is -2.40. The van der Waals surface area contributed by atoms with E-state index in [-0.39, 0.29) is 41.9 Å². The molecule has 2 heterocycles. The van der Waals surface area contributed by atoms with Gasteiger partial charge in [-0.1, -0.05) is 49.4 Å². The number of methoxy groups -OCH3 is 1. The monoisotopic (exact) mass is 677 g/mol. The number of nitrogens with one attached hydrogen (secondary N) is 3. The van der Waals surface area contributed by atoms with Gasteiger partial charge in [-0.25, -0.2) is 0 Å². The van der Waals surface area contributed by atoms with Crippen molar-refractivity contribution < 1.29 is 29.1 Å². The molecule has 13 heteroatoms. The predicted molar refractivity (Wildman–Crippen MR) is 186 cm³/mol. The van der Waals surface area contributed by atoms with Crippen molar-refractivity contribution >= 4 is 23.5 Å². The summed E-state index contributed by atoms with van der Waals surface area (Å²) in [6.45, 7) is 7.30. The Kier molecular flexibility index (Phi) is 13.7. The molecule has 0 bridgehead atoms. The number of hydrogen-bond acceptors (Lipinski definition) is 11. The maximum Gasteiger partial charge on any atom is 0.316 e. The molecule has 1 atom stereocenters. The molecule has 2 aromatic carbocycles. The second-order valence-electron chi connectivity index (χ2n) is 12.2. The molecule has 2 amide bonds. The van der Waals surface area contributed by atoms with E-state index in [0.29, 0.717) is 86.5 Å². The van der Waals surface area contributed by atoms with Crippen LogP contribution in [0, 0.1) is 5.21 Å².